The van der Waals surface area contributed by atoms with Crippen molar-refractivity contribution >= 4 is 11.6 Å². The van der Waals surface area contributed by atoms with Gasteiger partial charge in [0.15, 0.2) is 0 Å². The number of rotatable bonds is 2. The number of ether oxygens (including phenoxy) is 1. The number of hydrogen-bond donors (Lipinski definition) is 2. The van der Waals surface area contributed by atoms with Crippen molar-refractivity contribution in [2.75, 3.05) is 5.32 Å². The zero-order valence-corrected chi connectivity index (χ0v) is 12.4. The van der Waals surface area contributed by atoms with E-state index >= 15 is 0 Å². The van der Waals surface area contributed by atoms with Crippen molar-refractivity contribution in [1.29, 1.82) is 0 Å². The van der Waals surface area contributed by atoms with Crippen molar-refractivity contribution in [3.8, 4) is 11.5 Å². The van der Waals surface area contributed by atoms with Gasteiger partial charge in [0.2, 0.25) is 5.91 Å². The number of carbonyl (C=O) groups excluding carboxylic acids is 1. The van der Waals surface area contributed by atoms with Gasteiger partial charge in [0.1, 0.15) is 17.5 Å². The molecule has 1 amide bonds. The van der Waals surface area contributed by atoms with E-state index < -0.39 is 6.04 Å². The number of amides is 1. The molecule has 0 radical (unpaired) electrons. The van der Waals surface area contributed by atoms with E-state index in [0.29, 0.717) is 5.75 Å². The Hall–Kier alpha value is -2.33. The summed E-state index contributed by atoms with van der Waals surface area (Å²) in [5.74, 6) is 1.35. The maximum absolute atomic E-state index is 11.6. The Balaban J connectivity index is 1.94. The Bertz CT molecular complexity index is 738. The highest BCUT2D eigenvalue weighted by Gasteiger charge is 2.27. The van der Waals surface area contributed by atoms with Crippen LogP contribution in [-0.4, -0.2) is 5.91 Å². The van der Waals surface area contributed by atoms with Gasteiger partial charge in [0, 0.05) is 17.3 Å². The van der Waals surface area contributed by atoms with Gasteiger partial charge in [0.25, 0.3) is 0 Å². The first-order chi connectivity index (χ1) is 9.95. The Morgan fingerprint density at radius 1 is 1.14 bits per heavy atom. The second kappa shape index (κ2) is 4.90. The van der Waals surface area contributed by atoms with Crippen LogP contribution < -0.4 is 15.8 Å². The van der Waals surface area contributed by atoms with Gasteiger partial charge in [-0.3, -0.25) is 4.79 Å². The molecule has 0 aliphatic carbocycles. The topological polar surface area (TPSA) is 64.3 Å². The van der Waals surface area contributed by atoms with Crippen LogP contribution in [0.4, 0.5) is 5.69 Å². The van der Waals surface area contributed by atoms with Crippen molar-refractivity contribution in [2.45, 2.75) is 26.8 Å². The predicted molar refractivity (Wildman–Crippen MR) is 82.7 cm³/mol. The molecule has 0 aromatic heterocycles. The Labute approximate surface area is 123 Å². The molecule has 3 rings (SSSR count). The predicted octanol–water partition coefficient (Wildman–Crippen LogP) is 3.36. The van der Waals surface area contributed by atoms with Crippen molar-refractivity contribution in [3.63, 3.8) is 0 Å². The van der Waals surface area contributed by atoms with Gasteiger partial charge in [-0.15, -0.1) is 0 Å². The van der Waals surface area contributed by atoms with E-state index in [9.17, 15) is 4.79 Å². The van der Waals surface area contributed by atoms with Crippen molar-refractivity contribution in [3.05, 3.63) is 52.6 Å². The lowest BCUT2D eigenvalue weighted by molar-refractivity contribution is -0.116. The fourth-order valence-electron chi connectivity index (χ4n) is 2.56. The third-order valence-corrected chi connectivity index (χ3v) is 3.89. The number of hydrogen-bond acceptors (Lipinski definition) is 3. The lowest BCUT2D eigenvalue weighted by Gasteiger charge is -2.13. The molecule has 3 N–H and O–H groups in total. The van der Waals surface area contributed by atoms with Gasteiger partial charge in [0.05, 0.1) is 0 Å². The van der Waals surface area contributed by atoms with Gasteiger partial charge >= 0.3 is 0 Å². The molecule has 1 heterocycles. The Morgan fingerprint density at radius 2 is 1.90 bits per heavy atom. The van der Waals surface area contributed by atoms with Crippen molar-refractivity contribution in [1.82, 2.24) is 0 Å². The first-order valence-electron chi connectivity index (χ1n) is 6.92. The Kier molecular flexibility index (Phi) is 3.18. The van der Waals surface area contributed by atoms with Crippen LogP contribution in [0.5, 0.6) is 11.5 Å². The number of anilines is 1. The average Bonchev–Trinajstić information content (AvgIpc) is 2.70. The quantitative estimate of drug-likeness (QED) is 0.887. The monoisotopic (exact) mass is 282 g/mol. The average molecular weight is 282 g/mol. The molecule has 21 heavy (non-hydrogen) atoms. The highest BCUT2D eigenvalue weighted by molar-refractivity contribution is 6.02. The summed E-state index contributed by atoms with van der Waals surface area (Å²) < 4.78 is 5.97. The normalized spacial score (nSPS) is 16.6. The van der Waals surface area contributed by atoms with E-state index in [1.165, 1.54) is 5.56 Å². The minimum atomic E-state index is -0.586. The number of nitrogens with two attached hydrogens (primary N) is 1. The van der Waals surface area contributed by atoms with Gasteiger partial charge in [-0.1, -0.05) is 12.1 Å². The van der Waals surface area contributed by atoms with Crippen LogP contribution in [0.2, 0.25) is 0 Å². The highest BCUT2D eigenvalue weighted by atomic mass is 16.5. The third kappa shape index (κ3) is 2.38. The van der Waals surface area contributed by atoms with Gasteiger partial charge in [-0.05, 0) is 49.6 Å². The van der Waals surface area contributed by atoms with E-state index in [2.05, 4.69) is 18.3 Å². The van der Waals surface area contributed by atoms with E-state index in [0.717, 1.165) is 28.1 Å². The second-order valence-corrected chi connectivity index (χ2v) is 5.52. The summed E-state index contributed by atoms with van der Waals surface area (Å²) in [6.45, 7) is 6.15. The van der Waals surface area contributed by atoms with Crippen LogP contribution in [0, 0.1) is 20.8 Å². The molecule has 0 fully saturated rings. The second-order valence-electron chi connectivity index (χ2n) is 5.52. The minimum Gasteiger partial charge on any atom is -0.457 e. The maximum atomic E-state index is 11.6. The summed E-state index contributed by atoms with van der Waals surface area (Å²) in [7, 11) is 0. The number of carbonyl (C=O) groups is 1. The van der Waals surface area contributed by atoms with Crippen LogP contribution >= 0.6 is 0 Å². The minimum absolute atomic E-state index is 0.176. The molecule has 1 atom stereocenters. The first-order valence-corrected chi connectivity index (χ1v) is 6.92. The molecule has 4 nitrogen and oxygen atoms in total. The van der Waals surface area contributed by atoms with E-state index in [4.69, 9.17) is 10.5 Å². The molecule has 1 aliphatic heterocycles. The van der Waals surface area contributed by atoms with Gasteiger partial charge in [-0.2, -0.15) is 0 Å². The van der Waals surface area contributed by atoms with Gasteiger partial charge < -0.3 is 15.8 Å². The fraction of sp³-hybridized carbons (Fsp3) is 0.235. The summed E-state index contributed by atoms with van der Waals surface area (Å²) in [4.78, 5) is 11.6. The smallest absolute Gasteiger partial charge is 0.245 e. The summed E-state index contributed by atoms with van der Waals surface area (Å²) in [5.41, 5.74) is 10.8. The molecule has 4 heteroatoms. The first kappa shape index (κ1) is 13.6. The molecule has 2 aromatic rings. The van der Waals surface area contributed by atoms with Gasteiger partial charge in [-0.25, -0.2) is 0 Å². The number of nitrogens with one attached hydrogen (secondary N) is 1. The summed E-state index contributed by atoms with van der Waals surface area (Å²) >= 11 is 0. The molecule has 0 saturated heterocycles. The molecule has 1 unspecified atom stereocenters. The lowest BCUT2D eigenvalue weighted by atomic mass is 10.1. The lowest BCUT2D eigenvalue weighted by Crippen LogP contribution is -2.19. The fourth-order valence-corrected chi connectivity index (χ4v) is 2.56. The van der Waals surface area contributed by atoms with E-state index in [1.807, 2.05) is 38.1 Å². The molecule has 108 valence electrons. The largest absolute Gasteiger partial charge is 0.457 e. The van der Waals surface area contributed by atoms with E-state index in [1.54, 1.807) is 0 Å². The molecule has 1 aliphatic rings. The standard InChI is InChI=1S/C17H18N2O2/c1-9-6-10(2)11(3)15(7-9)21-12-4-5-13-14(8-12)19-17(20)16(13)18/h4-8,16H,18H2,1-3H3,(H,19,20). The number of aryl methyl sites for hydroxylation is 2. The van der Waals surface area contributed by atoms with Crippen LogP contribution in [0.15, 0.2) is 30.3 Å². The molecule has 0 bridgehead atoms. The molecular weight excluding hydrogens is 264 g/mol. The van der Waals surface area contributed by atoms with Crippen LogP contribution in [0.25, 0.3) is 0 Å². The zero-order chi connectivity index (χ0) is 15.1. The third-order valence-electron chi connectivity index (χ3n) is 3.89. The summed E-state index contributed by atoms with van der Waals surface area (Å²) in [6, 6.07) is 9.06. The number of benzene rings is 2. The van der Waals surface area contributed by atoms with Crippen LogP contribution in [-0.2, 0) is 4.79 Å². The van der Waals surface area contributed by atoms with E-state index in [-0.39, 0.29) is 5.91 Å². The highest BCUT2D eigenvalue weighted by Crippen LogP contribution is 2.35. The van der Waals surface area contributed by atoms with Crippen molar-refractivity contribution in [2.24, 2.45) is 5.73 Å². The molecule has 2 aromatic carbocycles. The molecular formula is C17H18N2O2. The van der Waals surface area contributed by atoms with Crippen molar-refractivity contribution < 1.29 is 9.53 Å². The Morgan fingerprint density at radius 3 is 2.67 bits per heavy atom. The summed E-state index contributed by atoms with van der Waals surface area (Å²) in [6.07, 6.45) is 0. The van der Waals surface area contributed by atoms with Crippen LogP contribution in [0.1, 0.15) is 28.3 Å². The molecule has 0 saturated carbocycles. The summed E-state index contributed by atoms with van der Waals surface area (Å²) in [5, 5.41) is 2.77. The van der Waals surface area contributed by atoms with Crippen LogP contribution in [0.3, 0.4) is 0 Å². The maximum Gasteiger partial charge on any atom is 0.245 e. The number of fused-ring (bicyclic) bond motifs is 1. The SMILES string of the molecule is Cc1cc(C)c(C)c(Oc2ccc3c(c2)NC(=O)C3N)c1. The molecule has 0 spiro atoms. The zero-order valence-electron chi connectivity index (χ0n) is 12.4.